The largest absolute Gasteiger partial charge is 0.466 e. The summed E-state index contributed by atoms with van der Waals surface area (Å²) in [7, 11) is -3.28. The van der Waals surface area contributed by atoms with Crippen molar-refractivity contribution in [1.82, 2.24) is 0 Å². The molecule has 3 aliphatic carbocycles. The number of ketones is 1. The van der Waals surface area contributed by atoms with Crippen molar-refractivity contribution in [2.75, 3.05) is 44.3 Å². The number of carbonyl (C=O) groups excluding carboxylic acids is 4. The Morgan fingerprint density at radius 3 is 1.37 bits per heavy atom. The number of amides is 1. The lowest BCUT2D eigenvalue weighted by Gasteiger charge is -2.15. The number of aliphatic hydroxyl groups excluding tert-OH is 1. The predicted molar refractivity (Wildman–Crippen MR) is 313 cm³/mol. The number of nitrogens with two attached hydrogens (primary N) is 1. The zero-order valence-corrected chi connectivity index (χ0v) is 51.9. The third-order valence-electron chi connectivity index (χ3n) is 12.6. The molecule has 0 saturated heterocycles. The summed E-state index contributed by atoms with van der Waals surface area (Å²) in [4.78, 5) is 44.0. The molecule has 3 saturated carbocycles. The monoisotopic (exact) mass is 1370 g/mol. The van der Waals surface area contributed by atoms with Gasteiger partial charge in [0, 0.05) is 35.4 Å². The minimum absolute atomic E-state index is 0. The van der Waals surface area contributed by atoms with Crippen molar-refractivity contribution in [1.29, 1.82) is 0 Å². The second-order valence-electron chi connectivity index (χ2n) is 19.1. The van der Waals surface area contributed by atoms with E-state index in [2.05, 4.69) is 10.5 Å². The molecular weight excluding hydrogens is 1300 g/mol. The van der Waals surface area contributed by atoms with Gasteiger partial charge in [0.25, 0.3) is 0 Å². The van der Waals surface area contributed by atoms with Gasteiger partial charge in [0.05, 0.1) is 56.3 Å². The van der Waals surface area contributed by atoms with Gasteiger partial charge in [-0.15, -0.1) is 23.2 Å². The number of rotatable bonds is 17. The zero-order chi connectivity index (χ0) is 66.9. The Morgan fingerprint density at radius 1 is 0.544 bits per heavy atom. The average Bonchev–Trinajstić information content (AvgIpc) is 1.85. The Balaban J connectivity index is 0.000000360. The molecule has 0 bridgehead atoms. The van der Waals surface area contributed by atoms with E-state index in [1.807, 2.05) is 0 Å². The summed E-state index contributed by atoms with van der Waals surface area (Å²) < 4.78 is 194. The van der Waals surface area contributed by atoms with Crippen LogP contribution >= 0.6 is 44.3 Å². The number of halogens is 15. The maximum Gasteiger partial charge on any atom is 0.341 e. The van der Waals surface area contributed by atoms with Gasteiger partial charge in [0.2, 0.25) is 5.91 Å². The fourth-order valence-corrected chi connectivity index (χ4v) is 9.55. The van der Waals surface area contributed by atoms with Crippen molar-refractivity contribution in [2.24, 2.45) is 17.6 Å². The average molecular weight is 1370 g/mol. The standard InChI is InChI=1S/C12H12F2O2.C10H9F2NO.C9H8F3N.C8H7ClF2O.C8H5ClF2O.C8H17O5P.C6H4F2.H2S/c1-2-16-12(15)9-6-8(9)7-3-4-10(13)11(14)5-7;11-8-2-1-5(3-9(8)12)6-4-7(6)10(13)14;10-6-3-8(12)7(11)1-4(6)5-2-9(5)13;2*9-4-8(12)5-1-2-6(10)7(11)3-5;1-4-11-8(9)7-14(10,12-5-2)13-6-3;7-5-3-1-2-4-6(5)8;/h3-5,8-9H,2,6H2,1H3;1-3,6-7H,4H2,(H2,13,14);1,3,5,9H,2,13H2;1-3,8,12H,4H2;1-3H,4H2;4-7H2,1-3H3;1-4H;1H2/p+1/t8-,9+;6-,7+;5-,9+;8-;;;;/m0001..../s1. The Labute approximate surface area is 527 Å². The molecule has 0 radical (unpaired) electrons. The number of quaternary nitrogens is 1. The van der Waals surface area contributed by atoms with Crippen molar-refractivity contribution in [3.63, 3.8) is 0 Å². The minimum atomic E-state index is -3.28. The normalized spacial score (nSPS) is 17.3. The van der Waals surface area contributed by atoms with E-state index in [0.29, 0.717) is 36.6 Å². The topological polar surface area (TPSA) is 196 Å². The van der Waals surface area contributed by atoms with E-state index in [9.17, 15) is 80.8 Å². The smallest absolute Gasteiger partial charge is 0.341 e. The molecule has 0 heterocycles. The molecule has 494 valence electrons. The van der Waals surface area contributed by atoms with Crippen LogP contribution in [0.3, 0.4) is 0 Å². The van der Waals surface area contributed by atoms with E-state index in [1.165, 1.54) is 36.4 Å². The second kappa shape index (κ2) is 39.0. The molecule has 1 amide bonds. The number of ether oxygens (including phenoxy) is 2. The molecule has 90 heavy (non-hydrogen) atoms. The molecule has 9 rings (SSSR count). The highest BCUT2D eigenvalue weighted by Crippen LogP contribution is 2.49. The summed E-state index contributed by atoms with van der Waals surface area (Å²) >= 11 is 10.5. The van der Waals surface area contributed by atoms with Crippen LogP contribution < -0.4 is 11.5 Å². The molecule has 6 aromatic rings. The lowest BCUT2D eigenvalue weighted by molar-refractivity contribution is -0.386. The Hall–Kier alpha value is -6.51. The third-order valence-corrected chi connectivity index (χ3v) is 15.1. The first-order chi connectivity index (χ1) is 42.0. The van der Waals surface area contributed by atoms with E-state index in [-0.39, 0.29) is 115 Å². The first kappa shape index (κ1) is 79.6. The van der Waals surface area contributed by atoms with Crippen LogP contribution in [0.4, 0.5) is 57.1 Å². The molecule has 3 fully saturated rings. The summed E-state index contributed by atoms with van der Waals surface area (Å²) in [5, 5.41) is 9.12. The van der Waals surface area contributed by atoms with Crippen LogP contribution in [-0.4, -0.2) is 79.1 Å². The van der Waals surface area contributed by atoms with E-state index < -0.39 is 101 Å². The summed E-state index contributed by atoms with van der Waals surface area (Å²) in [6.07, 6.45) is 0.788. The molecule has 12 nitrogen and oxygen atoms in total. The molecule has 0 spiro atoms. The van der Waals surface area contributed by atoms with E-state index in [1.54, 1.807) is 27.7 Å². The summed E-state index contributed by atoms with van der Waals surface area (Å²) in [5.41, 5.74) is 10.7. The number of hydrogen-bond donors (Lipinski definition) is 3. The fourth-order valence-electron chi connectivity index (χ4n) is 7.77. The maximum absolute atomic E-state index is 13.1. The summed E-state index contributed by atoms with van der Waals surface area (Å²) in [6.45, 7) is 7.91. The number of Topliss-reactive ketones (excluding diaryl/α,β-unsaturated/α-hetero) is 1. The van der Waals surface area contributed by atoms with Crippen molar-refractivity contribution < 1.29 is 110 Å². The lowest BCUT2D eigenvalue weighted by atomic mass is 10.1. The molecule has 0 unspecified atom stereocenters. The number of hydrogen-bond acceptors (Lipinski definition) is 10. The Kier molecular flexibility index (Phi) is 34.5. The zero-order valence-electron chi connectivity index (χ0n) is 48.5. The van der Waals surface area contributed by atoms with Crippen LogP contribution in [0.1, 0.15) is 103 Å². The number of esters is 2. The number of aliphatic hydroxyl groups is 1. The van der Waals surface area contributed by atoms with Crippen LogP contribution in [0.5, 0.6) is 0 Å². The van der Waals surface area contributed by atoms with Gasteiger partial charge < -0.3 is 35.1 Å². The first-order valence-corrected chi connectivity index (χ1v) is 29.8. The van der Waals surface area contributed by atoms with Gasteiger partial charge in [-0.1, -0.05) is 30.3 Å². The van der Waals surface area contributed by atoms with Gasteiger partial charge in [-0.25, -0.2) is 57.1 Å². The van der Waals surface area contributed by atoms with Crippen LogP contribution in [0.15, 0.2) is 109 Å². The molecule has 6 aromatic carbocycles. The van der Waals surface area contributed by atoms with Crippen LogP contribution in [0.25, 0.3) is 0 Å². The van der Waals surface area contributed by atoms with Crippen molar-refractivity contribution in [2.45, 2.75) is 76.9 Å². The third kappa shape index (κ3) is 26.4. The van der Waals surface area contributed by atoms with Gasteiger partial charge in [-0.2, -0.15) is 13.5 Å². The minimum Gasteiger partial charge on any atom is -0.466 e. The van der Waals surface area contributed by atoms with Gasteiger partial charge in [-0.3, -0.25) is 23.7 Å². The summed E-state index contributed by atoms with van der Waals surface area (Å²) in [5.74, 6) is -14.1. The quantitative estimate of drug-likeness (QED) is 0.0197. The second-order valence-corrected chi connectivity index (χ2v) is 21.8. The molecule has 29 heteroatoms. The van der Waals surface area contributed by atoms with E-state index >= 15 is 0 Å². The van der Waals surface area contributed by atoms with Crippen molar-refractivity contribution in [3.05, 3.63) is 213 Å². The van der Waals surface area contributed by atoms with E-state index in [4.69, 9.17) is 47.8 Å². The highest BCUT2D eigenvalue weighted by atomic mass is 35.5. The number of alkyl halides is 2. The predicted octanol–water partition coefficient (Wildman–Crippen LogP) is 13.9. The highest BCUT2D eigenvalue weighted by Gasteiger charge is 2.46. The molecule has 6 N–H and O–H groups in total. The first-order valence-electron chi connectivity index (χ1n) is 27.0. The van der Waals surface area contributed by atoms with Crippen LogP contribution in [0, 0.1) is 87.5 Å². The highest BCUT2D eigenvalue weighted by molar-refractivity contribution is 7.59. The van der Waals surface area contributed by atoms with Gasteiger partial charge >= 0.3 is 19.5 Å². The van der Waals surface area contributed by atoms with Crippen molar-refractivity contribution in [3.8, 4) is 0 Å². The van der Waals surface area contributed by atoms with Gasteiger partial charge in [-0.05, 0) is 142 Å². The molecule has 3 aliphatic rings. The molecular formula is C61H65Cl2F13N2O10PS+. The maximum atomic E-state index is 13.1. The Morgan fingerprint density at radius 2 is 0.967 bits per heavy atom. The van der Waals surface area contributed by atoms with E-state index in [0.717, 1.165) is 73.2 Å². The van der Waals surface area contributed by atoms with Crippen molar-refractivity contribution >= 4 is 67.9 Å². The number of primary amides is 1. The van der Waals surface area contributed by atoms with Crippen LogP contribution in [-0.2, 0) is 37.5 Å². The van der Waals surface area contributed by atoms with Gasteiger partial charge in [0.1, 0.15) is 12.0 Å². The van der Waals surface area contributed by atoms with Crippen LogP contribution in [0.2, 0.25) is 0 Å². The number of benzene rings is 6. The molecule has 0 aromatic heterocycles. The fraction of sp³-hybridized carbons (Fsp3) is 0.344. The lowest BCUT2D eigenvalue weighted by Crippen LogP contribution is -2.53. The van der Waals surface area contributed by atoms with Gasteiger partial charge in [0.15, 0.2) is 75.6 Å². The molecule has 7 atom stereocenters. The molecule has 0 aliphatic heterocycles. The number of carbonyl (C=O) groups is 4. The Bertz CT molecular complexity index is 3350. The summed E-state index contributed by atoms with van der Waals surface area (Å²) in [6, 6.07) is 20.3. The SMILES string of the molecule is CCOC(=O)CP(=O)(OCC)OCC.CCOC(=O)[C@@H]1C[C@H]1c1ccc(F)c(F)c1.Fc1ccccc1F.NC(=O)[C@@H]1C[C@H]1c1ccc(F)c(F)c1.O=C(CCl)c1ccc(F)c(F)c1.O[C@H](CCl)c1ccc(F)c(F)c1.S.[NH3+][C@@H]1C[C@H]1c1cc(F)c(F)cc1F.